The van der Waals surface area contributed by atoms with Gasteiger partial charge in [0.2, 0.25) is 11.8 Å². The van der Waals surface area contributed by atoms with E-state index in [0.717, 1.165) is 18.9 Å². The fourth-order valence-electron chi connectivity index (χ4n) is 5.29. The number of aliphatic hydroxyl groups excluding tert-OH is 1. The number of hydrogen-bond acceptors (Lipinski definition) is 5. The highest BCUT2D eigenvalue weighted by molar-refractivity contribution is 5.94. The first-order valence-electron chi connectivity index (χ1n) is 13.5. The van der Waals surface area contributed by atoms with Gasteiger partial charge in [-0.3, -0.25) is 14.4 Å². The molecule has 8 nitrogen and oxygen atoms in total. The van der Waals surface area contributed by atoms with Crippen molar-refractivity contribution in [2.24, 2.45) is 5.92 Å². The molecule has 0 saturated carbocycles. The van der Waals surface area contributed by atoms with E-state index >= 15 is 0 Å². The summed E-state index contributed by atoms with van der Waals surface area (Å²) in [6.07, 6.45) is 0.635. The average Bonchev–Trinajstić information content (AvgIpc) is 3.31. The topological polar surface area (TPSA) is 102 Å². The van der Waals surface area contributed by atoms with Crippen molar-refractivity contribution < 1.29 is 28.3 Å². The molecule has 39 heavy (non-hydrogen) atoms. The maximum Gasteiger partial charge on any atom is 0.253 e. The Morgan fingerprint density at radius 2 is 1.85 bits per heavy atom. The van der Waals surface area contributed by atoms with Crippen LogP contribution in [0.4, 0.5) is 8.78 Å². The Morgan fingerprint density at radius 1 is 1.13 bits per heavy atom. The highest BCUT2D eigenvalue weighted by atomic mass is 19.1. The van der Waals surface area contributed by atoms with Crippen molar-refractivity contribution in [1.82, 2.24) is 20.4 Å². The molecule has 0 bridgehead atoms. The molecule has 2 saturated heterocycles. The number of carbonyl (C=O) groups is 3. The van der Waals surface area contributed by atoms with E-state index in [0.29, 0.717) is 31.7 Å². The van der Waals surface area contributed by atoms with Crippen molar-refractivity contribution in [3.63, 3.8) is 0 Å². The van der Waals surface area contributed by atoms with E-state index in [1.165, 1.54) is 12.1 Å². The number of halogens is 2. The predicted molar refractivity (Wildman–Crippen MR) is 142 cm³/mol. The van der Waals surface area contributed by atoms with E-state index in [1.54, 1.807) is 34.1 Å². The van der Waals surface area contributed by atoms with Crippen LogP contribution in [-0.2, 0) is 16.0 Å². The highest BCUT2D eigenvalue weighted by Crippen LogP contribution is 2.21. The Balaban J connectivity index is 1.49. The first-order chi connectivity index (χ1) is 18.7. The zero-order valence-corrected chi connectivity index (χ0v) is 22.1. The number of aliphatic hydroxyl groups is 1. The highest BCUT2D eigenvalue weighted by Gasteiger charge is 2.38. The molecule has 4 rings (SSSR count). The van der Waals surface area contributed by atoms with Gasteiger partial charge >= 0.3 is 0 Å². The van der Waals surface area contributed by atoms with Gasteiger partial charge in [-0.05, 0) is 42.7 Å². The molecular formula is C29H36F2N4O4. The molecule has 10 heteroatoms. The van der Waals surface area contributed by atoms with Gasteiger partial charge in [0.25, 0.3) is 5.91 Å². The normalized spacial score (nSPS) is 21.1. The van der Waals surface area contributed by atoms with Gasteiger partial charge < -0.3 is 25.5 Å². The third-order valence-corrected chi connectivity index (χ3v) is 7.41. The molecular weight excluding hydrogens is 506 g/mol. The number of piperazine rings is 1. The Kier molecular flexibility index (Phi) is 9.63. The second kappa shape index (κ2) is 13.1. The van der Waals surface area contributed by atoms with E-state index < -0.39 is 41.6 Å². The lowest BCUT2D eigenvalue weighted by molar-refractivity contribution is -0.129. The lowest BCUT2D eigenvalue weighted by atomic mass is 9.93. The van der Waals surface area contributed by atoms with Crippen LogP contribution in [0.3, 0.4) is 0 Å². The Labute approximate surface area is 227 Å². The number of nitrogens with one attached hydrogen (secondary N) is 2. The third kappa shape index (κ3) is 7.39. The van der Waals surface area contributed by atoms with Crippen molar-refractivity contribution in [2.45, 2.75) is 50.8 Å². The number of amides is 3. The summed E-state index contributed by atoms with van der Waals surface area (Å²) in [5.74, 6) is -2.74. The predicted octanol–water partition coefficient (Wildman–Crippen LogP) is 2.12. The maximum atomic E-state index is 13.9. The number of rotatable bonds is 10. The van der Waals surface area contributed by atoms with Crippen molar-refractivity contribution >= 4 is 17.7 Å². The maximum absolute atomic E-state index is 13.9. The summed E-state index contributed by atoms with van der Waals surface area (Å²) in [5, 5.41) is 17.5. The molecule has 0 aromatic heterocycles. The lowest BCUT2D eigenvalue weighted by Crippen LogP contribution is -2.62. The number of carbonyl (C=O) groups excluding carboxylic acids is 3. The second-order valence-corrected chi connectivity index (χ2v) is 10.4. The molecule has 0 spiro atoms. The van der Waals surface area contributed by atoms with Crippen molar-refractivity contribution in [3.05, 3.63) is 71.3 Å². The standard InChI is InChI=1S/C29H36F2N4O4/c1-2-3-10-34-17-21(15-26(34)36)28(38)33-24(14-19-12-22(30)16-23(31)13-19)27(37)25-18-35(11-9-32-25)29(39)20-7-5-4-6-8-20/h4-8,12-13,16,21,24-25,27,32,37H,2-3,9-11,14-15,17-18H2,1H3,(H,33,38)/t21?,24?,25-,27+/m1/s1. The monoisotopic (exact) mass is 542 g/mol. The van der Waals surface area contributed by atoms with Crippen LogP contribution < -0.4 is 10.6 Å². The van der Waals surface area contributed by atoms with Gasteiger partial charge in [0.1, 0.15) is 11.6 Å². The molecule has 210 valence electrons. The van der Waals surface area contributed by atoms with Crippen LogP contribution in [0, 0.1) is 17.6 Å². The average molecular weight is 543 g/mol. The van der Waals surface area contributed by atoms with Crippen molar-refractivity contribution in [1.29, 1.82) is 0 Å². The van der Waals surface area contributed by atoms with Crippen LogP contribution in [0.25, 0.3) is 0 Å². The molecule has 2 unspecified atom stereocenters. The zero-order chi connectivity index (χ0) is 27.9. The minimum atomic E-state index is -1.18. The van der Waals surface area contributed by atoms with E-state index in [2.05, 4.69) is 10.6 Å². The van der Waals surface area contributed by atoms with E-state index in [9.17, 15) is 28.3 Å². The van der Waals surface area contributed by atoms with E-state index in [1.807, 2.05) is 13.0 Å². The van der Waals surface area contributed by atoms with Gasteiger partial charge in [0.05, 0.1) is 24.1 Å². The number of likely N-dealkylation sites (tertiary alicyclic amines) is 1. The molecule has 2 aromatic carbocycles. The molecule has 2 aromatic rings. The molecule has 2 aliphatic rings. The zero-order valence-electron chi connectivity index (χ0n) is 22.1. The summed E-state index contributed by atoms with van der Waals surface area (Å²) in [6, 6.07) is 10.4. The van der Waals surface area contributed by atoms with Gasteiger partial charge in [0, 0.05) is 50.8 Å². The second-order valence-electron chi connectivity index (χ2n) is 10.4. The molecule has 2 fully saturated rings. The van der Waals surface area contributed by atoms with E-state index in [4.69, 9.17) is 0 Å². The molecule has 2 aliphatic heterocycles. The van der Waals surface area contributed by atoms with Crippen LogP contribution in [-0.4, -0.2) is 83.5 Å². The summed E-state index contributed by atoms with van der Waals surface area (Å²) < 4.78 is 27.9. The number of benzene rings is 2. The summed E-state index contributed by atoms with van der Waals surface area (Å²) >= 11 is 0. The largest absolute Gasteiger partial charge is 0.389 e. The molecule has 3 N–H and O–H groups in total. The lowest BCUT2D eigenvalue weighted by Gasteiger charge is -2.39. The van der Waals surface area contributed by atoms with Crippen LogP contribution in [0.2, 0.25) is 0 Å². The molecule has 4 atom stereocenters. The summed E-state index contributed by atoms with van der Waals surface area (Å²) in [4.78, 5) is 42.0. The SMILES string of the molecule is CCCCN1CC(C(=O)NC(Cc2cc(F)cc(F)c2)[C@H](O)[C@H]2CN(C(=O)c3ccccc3)CCN2)CC1=O. The van der Waals surface area contributed by atoms with Crippen molar-refractivity contribution in [3.8, 4) is 0 Å². The third-order valence-electron chi connectivity index (χ3n) is 7.41. The Morgan fingerprint density at radius 3 is 2.54 bits per heavy atom. The van der Waals surface area contributed by atoms with Crippen LogP contribution >= 0.6 is 0 Å². The first kappa shape index (κ1) is 28.6. The van der Waals surface area contributed by atoms with Gasteiger partial charge in [-0.25, -0.2) is 8.78 Å². The molecule has 2 heterocycles. The fraction of sp³-hybridized carbons (Fsp3) is 0.483. The van der Waals surface area contributed by atoms with Crippen molar-refractivity contribution in [2.75, 3.05) is 32.7 Å². The Bertz CT molecular complexity index is 1140. The minimum Gasteiger partial charge on any atom is -0.389 e. The molecule has 3 amide bonds. The van der Waals surface area contributed by atoms with Crippen LogP contribution in [0.1, 0.15) is 42.1 Å². The molecule has 0 aliphatic carbocycles. The van der Waals surface area contributed by atoms with Gasteiger partial charge in [-0.2, -0.15) is 0 Å². The van der Waals surface area contributed by atoms with Gasteiger partial charge in [0.15, 0.2) is 0 Å². The van der Waals surface area contributed by atoms with Gasteiger partial charge in [-0.1, -0.05) is 31.5 Å². The fourth-order valence-corrected chi connectivity index (χ4v) is 5.29. The Hall–Kier alpha value is -3.37. The van der Waals surface area contributed by atoms with E-state index in [-0.39, 0.29) is 36.8 Å². The summed E-state index contributed by atoms with van der Waals surface area (Å²) in [6.45, 7) is 3.97. The summed E-state index contributed by atoms with van der Waals surface area (Å²) in [7, 11) is 0. The van der Waals surface area contributed by atoms with Crippen LogP contribution in [0.15, 0.2) is 48.5 Å². The minimum absolute atomic E-state index is 0.0351. The van der Waals surface area contributed by atoms with Crippen LogP contribution in [0.5, 0.6) is 0 Å². The number of unbranched alkanes of at least 4 members (excludes halogenated alkanes) is 1. The number of hydrogen-bond donors (Lipinski definition) is 3. The molecule has 0 radical (unpaired) electrons. The quantitative estimate of drug-likeness (QED) is 0.427. The number of nitrogens with zero attached hydrogens (tertiary/aromatic N) is 2. The smallest absolute Gasteiger partial charge is 0.253 e. The van der Waals surface area contributed by atoms with Gasteiger partial charge in [-0.15, -0.1) is 0 Å². The first-order valence-corrected chi connectivity index (χ1v) is 13.5. The summed E-state index contributed by atoms with van der Waals surface area (Å²) in [5.41, 5.74) is 0.809.